The first-order valence-corrected chi connectivity index (χ1v) is 5.34. The summed E-state index contributed by atoms with van der Waals surface area (Å²) in [5.41, 5.74) is 0.342. The van der Waals surface area contributed by atoms with Crippen LogP contribution in [-0.2, 0) is 11.3 Å². The van der Waals surface area contributed by atoms with Gasteiger partial charge in [-0.2, -0.15) is 0 Å². The molecule has 0 aliphatic carbocycles. The van der Waals surface area contributed by atoms with E-state index in [0.717, 1.165) is 12.5 Å². The van der Waals surface area contributed by atoms with Gasteiger partial charge in [-0.1, -0.05) is 19.1 Å². The lowest BCUT2D eigenvalue weighted by Gasteiger charge is -2.16. The topological polar surface area (TPSA) is 21.3 Å². The number of methoxy groups -OCH3 is 1. The van der Waals surface area contributed by atoms with Crippen LogP contribution < -0.4 is 5.32 Å². The van der Waals surface area contributed by atoms with Gasteiger partial charge in [-0.3, -0.25) is 0 Å². The monoisotopic (exact) mass is 229 g/mol. The average Bonchev–Trinajstić information content (AvgIpc) is 2.29. The van der Waals surface area contributed by atoms with E-state index in [-0.39, 0.29) is 6.04 Å². The Morgan fingerprint density at radius 2 is 2.12 bits per heavy atom. The van der Waals surface area contributed by atoms with Gasteiger partial charge in [0, 0.05) is 25.3 Å². The Kier molecular flexibility index (Phi) is 5.35. The molecule has 0 bridgehead atoms. The minimum atomic E-state index is -0.806. The molecule has 0 heterocycles. The predicted octanol–water partition coefficient (Wildman–Crippen LogP) is 2.48. The number of hydrogen-bond acceptors (Lipinski definition) is 2. The van der Waals surface area contributed by atoms with E-state index in [4.69, 9.17) is 4.74 Å². The number of hydrogen-bond donors (Lipinski definition) is 1. The number of halogens is 2. The van der Waals surface area contributed by atoms with Crippen LogP contribution in [-0.4, -0.2) is 19.8 Å². The van der Waals surface area contributed by atoms with Crippen LogP contribution in [0.4, 0.5) is 8.78 Å². The fraction of sp³-hybridized carbons (Fsp3) is 0.500. The largest absolute Gasteiger partial charge is 0.383 e. The second-order valence-electron chi connectivity index (χ2n) is 3.65. The zero-order valence-electron chi connectivity index (χ0n) is 9.59. The Balaban J connectivity index is 2.56. The van der Waals surface area contributed by atoms with Gasteiger partial charge >= 0.3 is 0 Å². The summed E-state index contributed by atoms with van der Waals surface area (Å²) in [7, 11) is 1.62. The van der Waals surface area contributed by atoms with Gasteiger partial charge in [0.15, 0.2) is 11.6 Å². The summed E-state index contributed by atoms with van der Waals surface area (Å²) in [5.74, 6) is -1.58. The van der Waals surface area contributed by atoms with Crippen LogP contribution in [0.2, 0.25) is 0 Å². The smallest absolute Gasteiger partial charge is 0.163 e. The number of rotatable bonds is 6. The molecular weight excluding hydrogens is 212 g/mol. The number of nitrogens with one attached hydrogen (secondary N) is 1. The average molecular weight is 229 g/mol. The van der Waals surface area contributed by atoms with Crippen LogP contribution in [0, 0.1) is 11.6 Å². The highest BCUT2D eigenvalue weighted by Gasteiger charge is 2.09. The summed E-state index contributed by atoms with van der Waals surface area (Å²) in [6.45, 7) is 2.89. The Bertz CT molecular complexity index is 331. The molecule has 0 aliphatic rings. The second-order valence-corrected chi connectivity index (χ2v) is 3.65. The van der Waals surface area contributed by atoms with Crippen LogP contribution in [0.3, 0.4) is 0 Å². The van der Waals surface area contributed by atoms with Crippen molar-refractivity contribution in [1.29, 1.82) is 0 Å². The first-order valence-electron chi connectivity index (χ1n) is 5.34. The third-order valence-electron chi connectivity index (χ3n) is 2.47. The molecule has 90 valence electrons. The van der Waals surface area contributed by atoms with E-state index in [1.807, 2.05) is 6.92 Å². The second kappa shape index (κ2) is 6.55. The highest BCUT2D eigenvalue weighted by Crippen LogP contribution is 2.11. The molecule has 0 spiro atoms. The number of benzene rings is 1. The highest BCUT2D eigenvalue weighted by atomic mass is 19.2. The fourth-order valence-corrected chi connectivity index (χ4v) is 1.46. The van der Waals surface area contributed by atoms with Crippen LogP contribution >= 0.6 is 0 Å². The first kappa shape index (κ1) is 13.1. The first-order chi connectivity index (χ1) is 7.69. The minimum Gasteiger partial charge on any atom is -0.383 e. The van der Waals surface area contributed by atoms with Gasteiger partial charge in [-0.15, -0.1) is 0 Å². The van der Waals surface area contributed by atoms with Gasteiger partial charge in [-0.25, -0.2) is 8.78 Å². The molecule has 0 saturated heterocycles. The van der Waals surface area contributed by atoms with Crippen molar-refractivity contribution in [2.24, 2.45) is 0 Å². The summed E-state index contributed by atoms with van der Waals surface area (Å²) in [6, 6.07) is 4.36. The van der Waals surface area contributed by atoms with Crippen molar-refractivity contribution in [2.45, 2.75) is 25.9 Å². The molecule has 0 aliphatic heterocycles. The van der Waals surface area contributed by atoms with Gasteiger partial charge in [0.1, 0.15) is 0 Å². The lowest BCUT2D eigenvalue weighted by molar-refractivity contribution is 0.163. The molecule has 0 amide bonds. The molecule has 1 unspecified atom stereocenters. The van der Waals surface area contributed by atoms with Crippen LogP contribution in [0.15, 0.2) is 18.2 Å². The quantitative estimate of drug-likeness (QED) is 0.809. The predicted molar refractivity (Wildman–Crippen MR) is 59.2 cm³/mol. The molecule has 1 aromatic carbocycles. The summed E-state index contributed by atoms with van der Waals surface area (Å²) in [4.78, 5) is 0. The molecule has 1 aromatic rings. The zero-order valence-corrected chi connectivity index (χ0v) is 9.59. The molecule has 0 fully saturated rings. The Hall–Kier alpha value is -1.00. The van der Waals surface area contributed by atoms with Crippen molar-refractivity contribution in [3.63, 3.8) is 0 Å². The molecule has 0 saturated carbocycles. The third kappa shape index (κ3) is 3.54. The fourth-order valence-electron chi connectivity index (χ4n) is 1.46. The van der Waals surface area contributed by atoms with E-state index < -0.39 is 11.6 Å². The number of ether oxygens (including phenoxy) is 1. The summed E-state index contributed by atoms with van der Waals surface area (Å²) < 4.78 is 31.2. The Labute approximate surface area is 94.6 Å². The maximum absolute atomic E-state index is 13.3. The van der Waals surface area contributed by atoms with E-state index in [1.54, 1.807) is 13.2 Å². The highest BCUT2D eigenvalue weighted by molar-refractivity contribution is 5.18. The lowest BCUT2D eigenvalue weighted by Crippen LogP contribution is -2.32. The summed E-state index contributed by atoms with van der Waals surface area (Å²) in [5, 5.41) is 3.12. The van der Waals surface area contributed by atoms with Crippen molar-refractivity contribution in [2.75, 3.05) is 13.7 Å². The van der Waals surface area contributed by atoms with Crippen LogP contribution in [0.5, 0.6) is 0 Å². The molecular formula is C12H17F2NO. The normalized spacial score (nSPS) is 12.8. The van der Waals surface area contributed by atoms with Gasteiger partial charge < -0.3 is 10.1 Å². The maximum atomic E-state index is 13.3. The molecule has 2 nitrogen and oxygen atoms in total. The van der Waals surface area contributed by atoms with Crippen molar-refractivity contribution in [3.8, 4) is 0 Å². The SMILES string of the molecule is CCC(COC)NCc1cccc(F)c1F. The molecule has 1 atom stereocenters. The van der Waals surface area contributed by atoms with Crippen molar-refractivity contribution in [1.82, 2.24) is 5.32 Å². The lowest BCUT2D eigenvalue weighted by atomic mass is 10.1. The molecule has 0 radical (unpaired) electrons. The van der Waals surface area contributed by atoms with Gasteiger partial charge in [0.2, 0.25) is 0 Å². The van der Waals surface area contributed by atoms with E-state index in [1.165, 1.54) is 6.07 Å². The van der Waals surface area contributed by atoms with E-state index >= 15 is 0 Å². The molecule has 4 heteroatoms. The minimum absolute atomic E-state index is 0.160. The van der Waals surface area contributed by atoms with E-state index in [0.29, 0.717) is 18.7 Å². The van der Waals surface area contributed by atoms with Crippen molar-refractivity contribution in [3.05, 3.63) is 35.4 Å². The molecule has 0 aromatic heterocycles. The van der Waals surface area contributed by atoms with Crippen LogP contribution in [0.25, 0.3) is 0 Å². The van der Waals surface area contributed by atoms with E-state index in [9.17, 15) is 8.78 Å². The molecule has 1 N–H and O–H groups in total. The van der Waals surface area contributed by atoms with Gasteiger partial charge in [-0.05, 0) is 12.5 Å². The van der Waals surface area contributed by atoms with Crippen LogP contribution in [0.1, 0.15) is 18.9 Å². The third-order valence-corrected chi connectivity index (χ3v) is 2.47. The molecule has 1 rings (SSSR count). The van der Waals surface area contributed by atoms with Gasteiger partial charge in [0.25, 0.3) is 0 Å². The Morgan fingerprint density at radius 3 is 2.75 bits per heavy atom. The van der Waals surface area contributed by atoms with Crippen molar-refractivity contribution < 1.29 is 13.5 Å². The standard InChI is InChI=1S/C12H17F2NO/c1-3-10(8-16-2)15-7-9-5-4-6-11(13)12(9)14/h4-6,10,15H,3,7-8H2,1-2H3. The maximum Gasteiger partial charge on any atom is 0.163 e. The summed E-state index contributed by atoms with van der Waals surface area (Å²) >= 11 is 0. The molecule has 16 heavy (non-hydrogen) atoms. The summed E-state index contributed by atoms with van der Waals surface area (Å²) in [6.07, 6.45) is 0.880. The van der Waals surface area contributed by atoms with Crippen molar-refractivity contribution >= 4 is 0 Å². The Morgan fingerprint density at radius 1 is 1.38 bits per heavy atom. The zero-order chi connectivity index (χ0) is 12.0. The van der Waals surface area contributed by atoms with E-state index in [2.05, 4.69) is 5.32 Å². The van der Waals surface area contributed by atoms with Gasteiger partial charge in [0.05, 0.1) is 6.61 Å².